The molecule has 0 heterocycles. The molecule has 0 spiro atoms. The molecule has 106 valence electrons. The summed E-state index contributed by atoms with van der Waals surface area (Å²) in [6.45, 7) is 1.67. The van der Waals surface area contributed by atoms with Gasteiger partial charge in [-0.05, 0) is 31.0 Å². The first-order valence-corrected chi connectivity index (χ1v) is 7.61. The highest BCUT2D eigenvalue weighted by Crippen LogP contribution is 2.11. The lowest BCUT2D eigenvalue weighted by atomic mass is 10.2. The summed E-state index contributed by atoms with van der Waals surface area (Å²) in [5.74, 6) is 0.496. The molecule has 0 aliphatic heterocycles. The summed E-state index contributed by atoms with van der Waals surface area (Å²) >= 11 is 5.60. The number of carbonyl (C=O) groups is 1. The summed E-state index contributed by atoms with van der Waals surface area (Å²) in [5.41, 5.74) is 1.34. The second-order valence-electron chi connectivity index (χ2n) is 3.56. The van der Waals surface area contributed by atoms with Gasteiger partial charge in [0.2, 0.25) is 0 Å². The number of nitrogens with one attached hydrogen (secondary N) is 2. The van der Waals surface area contributed by atoms with E-state index < -0.39 is 16.3 Å². The highest BCUT2D eigenvalue weighted by molar-refractivity contribution is 7.91. The largest absolute Gasteiger partial charge is 0.449 e. The van der Waals surface area contributed by atoms with E-state index in [1.807, 2.05) is 0 Å². The van der Waals surface area contributed by atoms with Crippen molar-refractivity contribution in [3.8, 4) is 0 Å². The fraction of sp³-hybridized carbons (Fsp3) is 0.364. The van der Waals surface area contributed by atoms with Gasteiger partial charge in [0, 0.05) is 5.88 Å². The van der Waals surface area contributed by atoms with Crippen molar-refractivity contribution in [2.24, 2.45) is 0 Å². The maximum atomic E-state index is 11.6. The van der Waals surface area contributed by atoms with Gasteiger partial charge < -0.3 is 4.74 Å². The zero-order chi connectivity index (χ0) is 14.3. The van der Waals surface area contributed by atoms with Crippen molar-refractivity contribution in [1.82, 2.24) is 4.72 Å². The molecule has 0 fully saturated rings. The van der Waals surface area contributed by atoms with Crippen LogP contribution in [0.2, 0.25) is 0 Å². The quantitative estimate of drug-likeness (QED) is 0.786. The average molecular weight is 307 g/mol. The zero-order valence-corrected chi connectivity index (χ0v) is 11.9. The van der Waals surface area contributed by atoms with Crippen LogP contribution in [0, 0.1) is 0 Å². The predicted molar refractivity (Wildman–Crippen MR) is 73.6 cm³/mol. The van der Waals surface area contributed by atoms with E-state index in [4.69, 9.17) is 11.6 Å². The summed E-state index contributed by atoms with van der Waals surface area (Å²) in [5, 5.41) is 0. The molecule has 2 N–H and O–H groups in total. The molecule has 0 saturated heterocycles. The Hall–Kier alpha value is -1.47. The molecule has 1 aromatic rings. The number of hydrogen-bond acceptors (Lipinski definition) is 4. The molecule has 0 aliphatic rings. The third kappa shape index (κ3) is 5.80. The molecule has 0 aliphatic carbocycles. The van der Waals surface area contributed by atoms with Gasteiger partial charge in [-0.25, -0.2) is 9.52 Å². The minimum absolute atomic E-state index is 0.0917. The van der Waals surface area contributed by atoms with Crippen molar-refractivity contribution in [2.75, 3.05) is 17.2 Å². The van der Waals surface area contributed by atoms with Gasteiger partial charge in [0.15, 0.2) is 0 Å². The molecule has 0 unspecified atom stereocenters. The molecule has 0 bridgehead atoms. The van der Waals surface area contributed by atoms with Crippen molar-refractivity contribution in [1.29, 1.82) is 0 Å². The van der Waals surface area contributed by atoms with Crippen molar-refractivity contribution < 1.29 is 17.9 Å². The summed E-state index contributed by atoms with van der Waals surface area (Å²) in [7, 11) is -3.98. The SMILES string of the molecule is CCOC(=O)NS(=O)(=O)Nc1ccc(CCCl)cc1. The first kappa shape index (κ1) is 15.6. The van der Waals surface area contributed by atoms with Gasteiger partial charge in [0.25, 0.3) is 0 Å². The Morgan fingerprint density at radius 3 is 2.47 bits per heavy atom. The fourth-order valence-corrected chi connectivity index (χ4v) is 2.29. The highest BCUT2D eigenvalue weighted by Gasteiger charge is 2.14. The van der Waals surface area contributed by atoms with E-state index in [0.717, 1.165) is 5.56 Å². The first-order valence-electron chi connectivity index (χ1n) is 5.59. The van der Waals surface area contributed by atoms with Crippen LogP contribution in [0.5, 0.6) is 0 Å². The number of aryl methyl sites for hydroxylation is 1. The summed E-state index contributed by atoms with van der Waals surface area (Å²) in [6.07, 6.45) is -0.316. The minimum atomic E-state index is -3.98. The van der Waals surface area contributed by atoms with Crippen LogP contribution in [0.25, 0.3) is 0 Å². The number of rotatable bonds is 6. The third-order valence-corrected chi connectivity index (χ3v) is 3.21. The Morgan fingerprint density at radius 2 is 1.95 bits per heavy atom. The van der Waals surface area contributed by atoms with Crippen LogP contribution in [0.3, 0.4) is 0 Å². The van der Waals surface area contributed by atoms with Gasteiger partial charge in [0.1, 0.15) is 0 Å². The van der Waals surface area contributed by atoms with Gasteiger partial charge >= 0.3 is 16.3 Å². The van der Waals surface area contributed by atoms with Crippen LogP contribution >= 0.6 is 11.6 Å². The normalized spacial score (nSPS) is 10.8. The third-order valence-electron chi connectivity index (χ3n) is 2.08. The summed E-state index contributed by atoms with van der Waals surface area (Å²) in [4.78, 5) is 11.0. The molecular formula is C11H15ClN2O4S. The molecular weight excluding hydrogens is 292 g/mol. The second-order valence-corrected chi connectivity index (χ2v) is 5.36. The first-order chi connectivity index (χ1) is 8.96. The predicted octanol–water partition coefficient (Wildman–Crippen LogP) is 1.87. The lowest BCUT2D eigenvalue weighted by Crippen LogP contribution is -2.35. The smallest absolute Gasteiger partial charge is 0.422 e. The number of carbonyl (C=O) groups excluding carboxylic acids is 1. The van der Waals surface area contributed by atoms with Crippen LogP contribution in [0.4, 0.5) is 10.5 Å². The summed E-state index contributed by atoms with van der Waals surface area (Å²) < 4.78 is 31.5. The van der Waals surface area contributed by atoms with E-state index >= 15 is 0 Å². The summed E-state index contributed by atoms with van der Waals surface area (Å²) in [6, 6.07) is 6.69. The van der Waals surface area contributed by atoms with Crippen LogP contribution < -0.4 is 9.44 Å². The van der Waals surface area contributed by atoms with Gasteiger partial charge in [-0.15, -0.1) is 11.6 Å². The Labute approximate surface area is 117 Å². The molecule has 1 rings (SSSR count). The molecule has 0 saturated carbocycles. The van der Waals surface area contributed by atoms with E-state index in [1.165, 1.54) is 0 Å². The minimum Gasteiger partial charge on any atom is -0.449 e. The number of hydrogen-bond donors (Lipinski definition) is 2. The van der Waals surface area contributed by atoms with Gasteiger partial charge in [-0.3, -0.25) is 4.72 Å². The topological polar surface area (TPSA) is 84.5 Å². The molecule has 8 heteroatoms. The fourth-order valence-electron chi connectivity index (χ4n) is 1.30. The zero-order valence-electron chi connectivity index (χ0n) is 10.3. The maximum Gasteiger partial charge on any atom is 0.422 e. The number of ether oxygens (including phenoxy) is 1. The van der Waals surface area contributed by atoms with Crippen LogP contribution in [-0.2, 0) is 21.4 Å². The molecule has 1 aromatic carbocycles. The standard InChI is InChI=1S/C11H15ClN2O4S/c1-2-18-11(15)14-19(16,17)13-10-5-3-9(4-6-10)7-8-12/h3-6,13H,2,7-8H2,1H3,(H,14,15). The van der Waals surface area contributed by atoms with Crippen LogP contribution in [0.1, 0.15) is 12.5 Å². The highest BCUT2D eigenvalue weighted by atomic mass is 35.5. The van der Waals surface area contributed by atoms with E-state index in [1.54, 1.807) is 35.9 Å². The van der Waals surface area contributed by atoms with Crippen molar-refractivity contribution in [3.05, 3.63) is 29.8 Å². The Bertz CT molecular complexity index is 516. The van der Waals surface area contributed by atoms with Crippen LogP contribution in [0.15, 0.2) is 24.3 Å². The van der Waals surface area contributed by atoms with E-state index in [0.29, 0.717) is 18.0 Å². The number of alkyl halides is 1. The van der Waals surface area contributed by atoms with Crippen molar-refractivity contribution in [3.63, 3.8) is 0 Å². The van der Waals surface area contributed by atoms with Crippen LogP contribution in [-0.4, -0.2) is 27.0 Å². The van der Waals surface area contributed by atoms with E-state index in [-0.39, 0.29) is 6.61 Å². The molecule has 0 radical (unpaired) electrons. The Balaban J connectivity index is 2.64. The van der Waals surface area contributed by atoms with Crippen molar-refractivity contribution in [2.45, 2.75) is 13.3 Å². The lowest BCUT2D eigenvalue weighted by molar-refractivity contribution is 0.159. The maximum absolute atomic E-state index is 11.6. The molecule has 0 aromatic heterocycles. The van der Waals surface area contributed by atoms with E-state index in [9.17, 15) is 13.2 Å². The average Bonchev–Trinajstić information content (AvgIpc) is 2.31. The molecule has 1 amide bonds. The van der Waals surface area contributed by atoms with Gasteiger partial charge in [-0.2, -0.15) is 8.42 Å². The van der Waals surface area contributed by atoms with Gasteiger partial charge in [-0.1, -0.05) is 12.1 Å². The lowest BCUT2D eigenvalue weighted by Gasteiger charge is -2.09. The Morgan fingerprint density at radius 1 is 1.32 bits per heavy atom. The van der Waals surface area contributed by atoms with Gasteiger partial charge in [0.05, 0.1) is 12.3 Å². The second kappa shape index (κ2) is 7.20. The molecule has 19 heavy (non-hydrogen) atoms. The number of benzene rings is 1. The van der Waals surface area contributed by atoms with Crippen molar-refractivity contribution >= 4 is 33.6 Å². The Kier molecular flexibility index (Phi) is 5.91. The molecule has 0 atom stereocenters. The number of anilines is 1. The monoisotopic (exact) mass is 306 g/mol. The number of halogens is 1. The van der Waals surface area contributed by atoms with E-state index in [2.05, 4.69) is 9.46 Å². The molecule has 6 nitrogen and oxygen atoms in total. The number of amides is 1.